The van der Waals surface area contributed by atoms with Gasteiger partial charge in [0.2, 0.25) is 5.28 Å². The number of hydrogen-bond donors (Lipinski definition) is 1. The van der Waals surface area contributed by atoms with Gasteiger partial charge >= 0.3 is 5.69 Å². The van der Waals surface area contributed by atoms with Crippen LogP contribution in [0, 0.1) is 0 Å². The summed E-state index contributed by atoms with van der Waals surface area (Å²) in [6, 6.07) is 6.09. The van der Waals surface area contributed by atoms with Crippen molar-refractivity contribution in [3.8, 4) is 0 Å². The molecule has 13 heteroatoms. The van der Waals surface area contributed by atoms with E-state index in [4.69, 9.17) is 11.6 Å². The summed E-state index contributed by atoms with van der Waals surface area (Å²) in [5, 5.41) is 12.3. The molecule has 1 N–H and O–H groups in total. The number of benzene rings is 1. The van der Waals surface area contributed by atoms with Crippen molar-refractivity contribution < 1.29 is 8.78 Å². The van der Waals surface area contributed by atoms with E-state index in [2.05, 4.69) is 25.4 Å². The van der Waals surface area contributed by atoms with Crippen molar-refractivity contribution in [2.45, 2.75) is 58.7 Å². The third-order valence-corrected chi connectivity index (χ3v) is 5.49. The predicted octanol–water partition coefficient (Wildman–Crippen LogP) is 2.73. The zero-order valence-electron chi connectivity index (χ0n) is 18.6. The number of alkyl halides is 2. The minimum atomic E-state index is -2.93. The molecule has 4 aromatic rings. The van der Waals surface area contributed by atoms with Crippen molar-refractivity contribution in [2.24, 2.45) is 0 Å². The fourth-order valence-corrected chi connectivity index (χ4v) is 3.88. The largest absolute Gasteiger partial charge is 0.332 e. The van der Waals surface area contributed by atoms with Crippen LogP contribution in [-0.4, -0.2) is 39.3 Å². The van der Waals surface area contributed by atoms with Gasteiger partial charge in [-0.2, -0.15) is 9.78 Å². The lowest BCUT2D eigenvalue weighted by Crippen LogP contribution is -2.40. The van der Waals surface area contributed by atoms with Crippen LogP contribution in [0.4, 0.5) is 8.78 Å². The number of aromatic amines is 1. The second-order valence-corrected chi connectivity index (χ2v) is 8.40. The maximum absolute atomic E-state index is 13.6. The van der Waals surface area contributed by atoms with Crippen molar-refractivity contribution in [2.75, 3.05) is 0 Å². The Morgan fingerprint density at radius 3 is 2.68 bits per heavy atom. The number of tetrazole rings is 1. The zero-order valence-corrected chi connectivity index (χ0v) is 19.4. The van der Waals surface area contributed by atoms with Crippen molar-refractivity contribution in [3.63, 3.8) is 0 Å². The van der Waals surface area contributed by atoms with Gasteiger partial charge in [0.05, 0.1) is 6.54 Å². The van der Waals surface area contributed by atoms with Crippen LogP contribution in [0.15, 0.2) is 33.9 Å². The summed E-state index contributed by atoms with van der Waals surface area (Å²) in [5.41, 5.74) is 0.0406. The third kappa shape index (κ3) is 4.91. The molecule has 4 rings (SSSR count). The first kappa shape index (κ1) is 23.7. The summed E-state index contributed by atoms with van der Waals surface area (Å²) in [7, 11) is 0. The Morgan fingerprint density at radius 1 is 1.15 bits per heavy atom. The summed E-state index contributed by atoms with van der Waals surface area (Å²) in [4.78, 5) is 33.8. The molecular weight excluding hydrogens is 470 g/mol. The van der Waals surface area contributed by atoms with Gasteiger partial charge in [0.25, 0.3) is 11.5 Å². The van der Waals surface area contributed by atoms with Gasteiger partial charge in [-0.15, -0.1) is 10.2 Å². The fourth-order valence-electron chi connectivity index (χ4n) is 3.71. The molecule has 3 aromatic heterocycles. The summed E-state index contributed by atoms with van der Waals surface area (Å²) >= 11 is 5.91. The number of H-pyrrole nitrogens is 1. The summed E-state index contributed by atoms with van der Waals surface area (Å²) in [6.45, 7) is 3.61. The maximum atomic E-state index is 13.6. The number of halogens is 3. The molecule has 0 aliphatic carbocycles. The lowest BCUT2D eigenvalue weighted by atomic mass is 10.0. The fraction of sp³-hybridized carbons (Fsp3) is 0.429. The summed E-state index contributed by atoms with van der Waals surface area (Å²) in [5.74, 6) is -2.55. The maximum Gasteiger partial charge on any atom is 0.332 e. The number of aromatic nitrogens is 8. The lowest BCUT2D eigenvalue weighted by molar-refractivity contribution is 0.0174. The molecule has 0 radical (unpaired) electrons. The second kappa shape index (κ2) is 9.45. The number of rotatable bonds is 9. The van der Waals surface area contributed by atoms with E-state index in [9.17, 15) is 18.4 Å². The molecule has 0 atom stereocenters. The molecular formula is C21H23ClF2N8O2. The average Bonchev–Trinajstić information content (AvgIpc) is 3.39. The molecule has 0 amide bonds. The minimum absolute atomic E-state index is 0.0432. The van der Waals surface area contributed by atoms with Crippen LogP contribution in [-0.2, 0) is 32.0 Å². The van der Waals surface area contributed by atoms with E-state index < -0.39 is 17.2 Å². The minimum Gasteiger partial charge on any atom is -0.323 e. The average molecular weight is 493 g/mol. The number of fused-ring (bicyclic) bond motifs is 1. The standard InChI is InChI=1S/C21H23ClF2N8O2/c1-3-8-30-17-16(25-19(22)26-17)18(33)31(20(30)34)9-5-10-32-28-15(27-29-32)12-13-6-4-7-14(11-13)21(2,23)24/h4,6-7,11H,3,5,8-10,12H2,1-2H3,(H,25,26). The number of nitrogens with zero attached hydrogens (tertiary/aromatic N) is 7. The van der Waals surface area contributed by atoms with Crippen LogP contribution >= 0.6 is 11.6 Å². The van der Waals surface area contributed by atoms with Crippen LogP contribution in [0.2, 0.25) is 5.28 Å². The first-order valence-corrected chi connectivity index (χ1v) is 11.2. The number of nitrogens with one attached hydrogen (secondary N) is 1. The van der Waals surface area contributed by atoms with Crippen molar-refractivity contribution in [1.29, 1.82) is 0 Å². The highest BCUT2D eigenvalue weighted by molar-refractivity contribution is 6.28. The van der Waals surface area contributed by atoms with Gasteiger partial charge in [0, 0.05) is 32.0 Å². The monoisotopic (exact) mass is 492 g/mol. The van der Waals surface area contributed by atoms with Crippen molar-refractivity contribution in [3.05, 3.63) is 67.3 Å². The highest BCUT2D eigenvalue weighted by Gasteiger charge is 2.24. The molecule has 1 aromatic carbocycles. The molecule has 10 nitrogen and oxygen atoms in total. The van der Waals surface area contributed by atoms with E-state index in [0.717, 1.165) is 11.5 Å². The molecule has 0 aliphatic rings. The predicted molar refractivity (Wildman–Crippen MR) is 121 cm³/mol. The quantitative estimate of drug-likeness (QED) is 0.359. The number of hydrogen-bond acceptors (Lipinski definition) is 6. The Kier molecular flexibility index (Phi) is 6.60. The van der Waals surface area contributed by atoms with Crippen LogP contribution in [0.3, 0.4) is 0 Å². The van der Waals surface area contributed by atoms with Gasteiger partial charge in [0.1, 0.15) is 0 Å². The highest BCUT2D eigenvalue weighted by atomic mass is 35.5. The molecule has 0 saturated heterocycles. The SMILES string of the molecule is CCCn1c(=O)n(CCCn2nnc(Cc3cccc(C(C)(F)F)c3)n2)c(=O)c2[nH]c(Cl)nc21. The molecule has 0 unspecified atom stereocenters. The summed E-state index contributed by atoms with van der Waals surface area (Å²) in [6.07, 6.45) is 1.33. The number of imidazole rings is 1. The van der Waals surface area contributed by atoms with E-state index in [1.54, 1.807) is 12.1 Å². The van der Waals surface area contributed by atoms with Gasteiger partial charge in [-0.05, 0) is 41.3 Å². The van der Waals surface area contributed by atoms with E-state index in [0.29, 0.717) is 37.3 Å². The Bertz CT molecular complexity index is 1430. The van der Waals surface area contributed by atoms with Gasteiger partial charge in [-0.3, -0.25) is 13.9 Å². The molecule has 0 saturated carbocycles. The Morgan fingerprint density at radius 2 is 1.94 bits per heavy atom. The van der Waals surface area contributed by atoms with Crippen molar-refractivity contribution >= 4 is 22.8 Å². The van der Waals surface area contributed by atoms with Crippen molar-refractivity contribution in [1.82, 2.24) is 39.3 Å². The Labute approximate surface area is 197 Å². The normalized spacial score (nSPS) is 12.0. The molecule has 34 heavy (non-hydrogen) atoms. The zero-order chi connectivity index (χ0) is 24.5. The topological polar surface area (TPSA) is 116 Å². The smallest absolute Gasteiger partial charge is 0.323 e. The number of aryl methyl sites for hydroxylation is 2. The van der Waals surface area contributed by atoms with Gasteiger partial charge in [-0.1, -0.05) is 25.1 Å². The van der Waals surface area contributed by atoms with Crippen LogP contribution in [0.5, 0.6) is 0 Å². The van der Waals surface area contributed by atoms with Gasteiger partial charge < -0.3 is 4.98 Å². The molecule has 3 heterocycles. The highest BCUT2D eigenvalue weighted by Crippen LogP contribution is 2.27. The van der Waals surface area contributed by atoms with Crippen LogP contribution < -0.4 is 11.2 Å². The van der Waals surface area contributed by atoms with Gasteiger partial charge in [0.15, 0.2) is 17.0 Å². The second-order valence-electron chi connectivity index (χ2n) is 8.04. The first-order valence-electron chi connectivity index (χ1n) is 10.8. The molecule has 0 bridgehead atoms. The van der Waals surface area contributed by atoms with E-state index >= 15 is 0 Å². The Balaban J connectivity index is 1.46. The molecule has 0 fully saturated rings. The molecule has 0 spiro atoms. The van der Waals surface area contributed by atoms with Crippen LogP contribution in [0.1, 0.15) is 43.6 Å². The molecule has 0 aliphatic heterocycles. The third-order valence-electron chi connectivity index (χ3n) is 5.31. The van der Waals surface area contributed by atoms with E-state index in [1.165, 1.54) is 21.5 Å². The Hall–Kier alpha value is -3.41. The molecule has 180 valence electrons. The van der Waals surface area contributed by atoms with E-state index in [-0.39, 0.29) is 35.0 Å². The van der Waals surface area contributed by atoms with Gasteiger partial charge in [-0.25, -0.2) is 13.6 Å². The van der Waals surface area contributed by atoms with Crippen LogP contribution in [0.25, 0.3) is 11.2 Å². The lowest BCUT2D eigenvalue weighted by Gasteiger charge is -2.11. The first-order chi connectivity index (χ1) is 16.2. The summed E-state index contributed by atoms with van der Waals surface area (Å²) < 4.78 is 29.7. The van der Waals surface area contributed by atoms with E-state index in [1.807, 2.05) is 6.92 Å².